The second-order valence-electron chi connectivity index (χ2n) is 5.03. The fraction of sp³-hybridized carbons (Fsp3) is 0.556. The molecule has 0 saturated heterocycles. The molecule has 0 saturated carbocycles. The van der Waals surface area contributed by atoms with Gasteiger partial charge in [-0.2, -0.15) is 0 Å². The van der Waals surface area contributed by atoms with Gasteiger partial charge in [0, 0.05) is 12.0 Å². The molecule has 0 aliphatic carbocycles. The minimum absolute atomic E-state index is 0.200. The van der Waals surface area contributed by atoms with Crippen LogP contribution in [-0.2, 0) is 0 Å². The molecule has 0 fully saturated rings. The average Bonchev–Trinajstić information content (AvgIpc) is 2.43. The van der Waals surface area contributed by atoms with Crippen LogP contribution in [0.2, 0.25) is 0 Å². The molecule has 0 amide bonds. The summed E-state index contributed by atoms with van der Waals surface area (Å²) in [5.41, 5.74) is 0.904. The van der Waals surface area contributed by atoms with Crippen LogP contribution < -0.4 is 0 Å². The van der Waals surface area contributed by atoms with E-state index in [0.717, 1.165) is 12.0 Å². The molecule has 0 N–H and O–H groups in total. The van der Waals surface area contributed by atoms with Gasteiger partial charge in [0.25, 0.3) is 0 Å². The van der Waals surface area contributed by atoms with Crippen LogP contribution in [0.15, 0.2) is 24.3 Å². The van der Waals surface area contributed by atoms with Crippen LogP contribution in [0, 0.1) is 17.7 Å². The van der Waals surface area contributed by atoms with Crippen molar-refractivity contribution in [1.29, 1.82) is 0 Å². The van der Waals surface area contributed by atoms with Crippen molar-refractivity contribution in [2.24, 2.45) is 0 Å². The topological polar surface area (TPSA) is 0 Å². The second kappa shape index (κ2) is 10.6. The van der Waals surface area contributed by atoms with Crippen LogP contribution in [0.5, 0.6) is 0 Å². The van der Waals surface area contributed by atoms with E-state index in [1.54, 1.807) is 12.1 Å². The Kier molecular flexibility index (Phi) is 8.81. The van der Waals surface area contributed by atoms with E-state index >= 15 is 0 Å². The number of halogens is 1. The molecule has 104 valence electrons. The zero-order chi connectivity index (χ0) is 13.8. The van der Waals surface area contributed by atoms with Crippen molar-refractivity contribution >= 4 is 0 Å². The number of hydrogen-bond acceptors (Lipinski definition) is 0. The van der Waals surface area contributed by atoms with E-state index < -0.39 is 0 Å². The monoisotopic (exact) mass is 260 g/mol. The fourth-order valence-electron chi connectivity index (χ4n) is 2.05. The Morgan fingerprint density at radius 1 is 0.842 bits per heavy atom. The molecule has 0 radical (unpaired) electrons. The van der Waals surface area contributed by atoms with E-state index in [1.165, 1.54) is 63.5 Å². The molecule has 0 atom stereocenters. The Labute approximate surface area is 117 Å². The molecule has 1 aromatic rings. The largest absolute Gasteiger partial charge is 0.207 e. The van der Waals surface area contributed by atoms with Gasteiger partial charge >= 0.3 is 0 Å². The summed E-state index contributed by atoms with van der Waals surface area (Å²) in [6, 6.07) is 6.38. The quantitative estimate of drug-likeness (QED) is 0.415. The molecule has 1 heteroatoms. The second-order valence-corrected chi connectivity index (χ2v) is 5.03. The normalized spacial score (nSPS) is 10.0. The first-order chi connectivity index (χ1) is 9.33. The van der Waals surface area contributed by atoms with Gasteiger partial charge in [0.1, 0.15) is 5.82 Å². The molecule has 0 aromatic heterocycles. The van der Waals surface area contributed by atoms with Crippen molar-refractivity contribution in [3.8, 4) is 11.8 Å². The lowest BCUT2D eigenvalue weighted by Gasteiger charge is -1.99. The standard InChI is InChI=1S/C18H25F/c1-2-3-4-5-6-7-8-9-10-11-12-17-13-15-18(19)16-14-17/h13-16H,2-10H2,1H3. The van der Waals surface area contributed by atoms with Gasteiger partial charge in [-0.3, -0.25) is 0 Å². The average molecular weight is 260 g/mol. The third-order valence-electron chi connectivity index (χ3n) is 3.23. The number of benzene rings is 1. The molecule has 0 heterocycles. The molecular weight excluding hydrogens is 235 g/mol. The van der Waals surface area contributed by atoms with Gasteiger partial charge < -0.3 is 0 Å². The van der Waals surface area contributed by atoms with Crippen LogP contribution >= 0.6 is 0 Å². The van der Waals surface area contributed by atoms with Crippen LogP contribution in [0.25, 0.3) is 0 Å². The highest BCUT2D eigenvalue weighted by Gasteiger charge is 1.91. The maximum absolute atomic E-state index is 12.7. The SMILES string of the molecule is CCCCCCCCCCC#Cc1ccc(F)cc1. The van der Waals surface area contributed by atoms with Gasteiger partial charge in [0.05, 0.1) is 0 Å². The minimum Gasteiger partial charge on any atom is -0.207 e. The predicted octanol–water partition coefficient (Wildman–Crippen LogP) is 5.71. The van der Waals surface area contributed by atoms with Gasteiger partial charge in [-0.1, -0.05) is 63.7 Å². The van der Waals surface area contributed by atoms with Gasteiger partial charge in [-0.25, -0.2) is 4.39 Å². The van der Waals surface area contributed by atoms with Gasteiger partial charge in [0.15, 0.2) is 0 Å². The first-order valence-electron chi connectivity index (χ1n) is 7.57. The van der Waals surface area contributed by atoms with Crippen LogP contribution in [0.4, 0.5) is 4.39 Å². The zero-order valence-electron chi connectivity index (χ0n) is 12.1. The van der Waals surface area contributed by atoms with E-state index in [4.69, 9.17) is 0 Å². The highest BCUT2D eigenvalue weighted by atomic mass is 19.1. The molecule has 1 rings (SSSR count). The molecule has 0 spiro atoms. The summed E-state index contributed by atoms with van der Waals surface area (Å²) in [4.78, 5) is 0. The van der Waals surface area contributed by atoms with Crippen molar-refractivity contribution in [3.05, 3.63) is 35.6 Å². The third-order valence-corrected chi connectivity index (χ3v) is 3.23. The van der Waals surface area contributed by atoms with E-state index in [2.05, 4.69) is 18.8 Å². The van der Waals surface area contributed by atoms with Crippen molar-refractivity contribution in [2.75, 3.05) is 0 Å². The van der Waals surface area contributed by atoms with Crippen molar-refractivity contribution in [3.63, 3.8) is 0 Å². The van der Waals surface area contributed by atoms with E-state index in [-0.39, 0.29) is 5.82 Å². The van der Waals surface area contributed by atoms with Crippen LogP contribution in [0.1, 0.15) is 70.3 Å². The molecular formula is C18H25F. The molecule has 0 bridgehead atoms. The number of unbranched alkanes of at least 4 members (excludes halogenated alkanes) is 8. The summed E-state index contributed by atoms with van der Waals surface area (Å²) < 4.78 is 12.7. The first kappa shape index (κ1) is 15.8. The van der Waals surface area contributed by atoms with E-state index in [0.29, 0.717) is 0 Å². The lowest BCUT2D eigenvalue weighted by atomic mass is 10.1. The van der Waals surface area contributed by atoms with Crippen LogP contribution in [-0.4, -0.2) is 0 Å². The van der Waals surface area contributed by atoms with Crippen LogP contribution in [0.3, 0.4) is 0 Å². The summed E-state index contributed by atoms with van der Waals surface area (Å²) in [6.45, 7) is 2.25. The molecule has 1 aromatic carbocycles. The number of rotatable bonds is 8. The van der Waals surface area contributed by atoms with Crippen molar-refractivity contribution in [1.82, 2.24) is 0 Å². The Hall–Kier alpha value is -1.29. The summed E-state index contributed by atoms with van der Waals surface area (Å²) in [5.74, 6) is 6.03. The van der Waals surface area contributed by atoms with E-state index in [9.17, 15) is 4.39 Å². The van der Waals surface area contributed by atoms with Crippen molar-refractivity contribution < 1.29 is 4.39 Å². The van der Waals surface area contributed by atoms with E-state index in [1.807, 2.05) is 0 Å². The van der Waals surface area contributed by atoms with Gasteiger partial charge in [-0.15, -0.1) is 0 Å². The highest BCUT2D eigenvalue weighted by Crippen LogP contribution is 2.09. The maximum atomic E-state index is 12.7. The summed E-state index contributed by atoms with van der Waals surface area (Å²) in [6.07, 6.45) is 11.6. The molecule has 0 aliphatic rings. The minimum atomic E-state index is -0.200. The maximum Gasteiger partial charge on any atom is 0.123 e. The summed E-state index contributed by atoms with van der Waals surface area (Å²) >= 11 is 0. The fourth-order valence-corrected chi connectivity index (χ4v) is 2.05. The first-order valence-corrected chi connectivity index (χ1v) is 7.57. The Bertz CT molecular complexity index is 380. The Morgan fingerprint density at radius 2 is 1.42 bits per heavy atom. The molecule has 19 heavy (non-hydrogen) atoms. The van der Waals surface area contributed by atoms with Gasteiger partial charge in [0.2, 0.25) is 0 Å². The highest BCUT2D eigenvalue weighted by molar-refractivity contribution is 5.33. The summed E-state index contributed by atoms with van der Waals surface area (Å²) in [7, 11) is 0. The Balaban J connectivity index is 2.00. The molecule has 0 aliphatic heterocycles. The predicted molar refractivity (Wildman–Crippen MR) is 80.5 cm³/mol. The van der Waals surface area contributed by atoms with Gasteiger partial charge in [-0.05, 0) is 30.7 Å². The smallest absolute Gasteiger partial charge is 0.123 e. The molecule has 0 unspecified atom stereocenters. The lowest BCUT2D eigenvalue weighted by Crippen LogP contribution is -1.80. The third kappa shape index (κ3) is 8.43. The molecule has 0 nitrogen and oxygen atoms in total. The number of hydrogen-bond donors (Lipinski definition) is 0. The van der Waals surface area contributed by atoms with Crippen molar-refractivity contribution in [2.45, 2.75) is 64.7 Å². The lowest BCUT2D eigenvalue weighted by molar-refractivity contribution is 0.579. The Morgan fingerprint density at radius 3 is 2.05 bits per heavy atom. The summed E-state index contributed by atoms with van der Waals surface area (Å²) in [5, 5.41) is 0. The zero-order valence-corrected chi connectivity index (χ0v) is 12.1.